The average Bonchev–Trinajstić information content (AvgIpc) is 3.09. The zero-order chi connectivity index (χ0) is 17.9. The zero-order valence-electron chi connectivity index (χ0n) is 14.9. The van der Waals surface area contributed by atoms with E-state index in [2.05, 4.69) is 11.4 Å². The van der Waals surface area contributed by atoms with Gasteiger partial charge in [-0.1, -0.05) is 48.5 Å². The molecule has 5 nitrogen and oxygen atoms in total. The minimum atomic E-state index is -0.0855. The highest BCUT2D eigenvalue weighted by Gasteiger charge is 2.30. The maximum Gasteiger partial charge on any atom is 0.317 e. The maximum absolute atomic E-state index is 12.7. The van der Waals surface area contributed by atoms with E-state index in [-0.39, 0.29) is 24.3 Å². The standard InChI is InChI=1S/C21H24N2O3/c1-15-13-23(14-20(25-15)16-7-3-2-4-8-16)21(24)22-12-18-11-17-9-5-6-10-19(17)26-18/h2-10,15,18,20H,11-14H2,1H3,(H,22,24)/t15-,18-,20-/m1/s1. The van der Waals surface area contributed by atoms with Crippen LogP contribution in [0.2, 0.25) is 0 Å². The van der Waals surface area contributed by atoms with Gasteiger partial charge >= 0.3 is 6.03 Å². The van der Waals surface area contributed by atoms with E-state index in [4.69, 9.17) is 9.47 Å². The van der Waals surface area contributed by atoms with Gasteiger partial charge in [0.25, 0.3) is 0 Å². The van der Waals surface area contributed by atoms with Crippen LogP contribution in [0.1, 0.15) is 24.2 Å². The number of rotatable bonds is 3. The van der Waals surface area contributed by atoms with Crippen LogP contribution in [0.3, 0.4) is 0 Å². The lowest BCUT2D eigenvalue weighted by atomic mass is 10.1. The van der Waals surface area contributed by atoms with Crippen molar-refractivity contribution < 1.29 is 14.3 Å². The SMILES string of the molecule is C[C@@H]1CN(C(=O)NC[C@H]2Cc3ccccc3O2)C[C@H](c2ccccc2)O1. The van der Waals surface area contributed by atoms with Crippen LogP contribution in [-0.4, -0.2) is 42.8 Å². The number of nitrogens with zero attached hydrogens (tertiary/aromatic N) is 1. The van der Waals surface area contributed by atoms with E-state index >= 15 is 0 Å². The molecule has 2 aromatic carbocycles. The van der Waals surface area contributed by atoms with Crippen molar-refractivity contribution in [1.29, 1.82) is 0 Å². The number of benzene rings is 2. The molecule has 2 heterocycles. The molecular formula is C21H24N2O3. The summed E-state index contributed by atoms with van der Waals surface area (Å²) in [6, 6.07) is 18.1. The Bertz CT molecular complexity index is 740. The lowest BCUT2D eigenvalue weighted by molar-refractivity contribution is -0.0657. The molecule has 3 atom stereocenters. The van der Waals surface area contributed by atoms with Crippen molar-refractivity contribution in [3.8, 4) is 5.75 Å². The normalized spacial score (nSPS) is 24.7. The van der Waals surface area contributed by atoms with Gasteiger partial charge in [-0.05, 0) is 24.1 Å². The Morgan fingerprint density at radius 2 is 1.88 bits per heavy atom. The highest BCUT2D eigenvalue weighted by molar-refractivity contribution is 5.74. The monoisotopic (exact) mass is 352 g/mol. The zero-order valence-corrected chi connectivity index (χ0v) is 14.9. The van der Waals surface area contributed by atoms with Crippen molar-refractivity contribution in [2.24, 2.45) is 0 Å². The first kappa shape index (κ1) is 16.9. The van der Waals surface area contributed by atoms with Gasteiger partial charge in [0.05, 0.1) is 19.2 Å². The Hall–Kier alpha value is -2.53. The maximum atomic E-state index is 12.7. The first-order chi connectivity index (χ1) is 12.7. The highest BCUT2D eigenvalue weighted by Crippen LogP contribution is 2.28. The van der Waals surface area contributed by atoms with Crippen LogP contribution in [-0.2, 0) is 11.2 Å². The van der Waals surface area contributed by atoms with Crippen LogP contribution in [0.4, 0.5) is 4.79 Å². The van der Waals surface area contributed by atoms with Gasteiger partial charge in [0.15, 0.2) is 0 Å². The molecule has 1 saturated heterocycles. The molecule has 0 bridgehead atoms. The van der Waals surface area contributed by atoms with Crippen LogP contribution in [0.25, 0.3) is 0 Å². The van der Waals surface area contributed by atoms with E-state index in [1.54, 1.807) is 0 Å². The van der Waals surface area contributed by atoms with Gasteiger partial charge in [0.1, 0.15) is 18.0 Å². The molecule has 2 aromatic rings. The summed E-state index contributed by atoms with van der Waals surface area (Å²) in [5.41, 5.74) is 2.31. The van der Waals surface area contributed by atoms with Gasteiger partial charge in [0, 0.05) is 13.0 Å². The number of ether oxygens (including phenoxy) is 2. The van der Waals surface area contributed by atoms with Crippen LogP contribution < -0.4 is 10.1 Å². The van der Waals surface area contributed by atoms with Crippen molar-refractivity contribution in [3.05, 3.63) is 65.7 Å². The van der Waals surface area contributed by atoms with Crippen LogP contribution in [0.15, 0.2) is 54.6 Å². The number of carbonyl (C=O) groups excluding carboxylic acids is 1. The largest absolute Gasteiger partial charge is 0.488 e. The Balaban J connectivity index is 1.33. The molecule has 136 valence electrons. The summed E-state index contributed by atoms with van der Waals surface area (Å²) in [6.45, 7) is 3.67. The van der Waals surface area contributed by atoms with Crippen LogP contribution in [0.5, 0.6) is 5.75 Å². The summed E-state index contributed by atoms with van der Waals surface area (Å²) in [7, 11) is 0. The van der Waals surface area contributed by atoms with Crippen molar-refractivity contribution in [1.82, 2.24) is 10.2 Å². The number of morpholine rings is 1. The van der Waals surface area contributed by atoms with Gasteiger partial charge in [0.2, 0.25) is 0 Å². The molecule has 2 aliphatic heterocycles. The summed E-state index contributed by atoms with van der Waals surface area (Å²) in [4.78, 5) is 14.5. The molecule has 26 heavy (non-hydrogen) atoms. The average molecular weight is 352 g/mol. The fourth-order valence-corrected chi connectivity index (χ4v) is 3.65. The third kappa shape index (κ3) is 3.68. The number of urea groups is 1. The quantitative estimate of drug-likeness (QED) is 0.923. The Labute approximate surface area is 153 Å². The second-order valence-corrected chi connectivity index (χ2v) is 6.99. The van der Waals surface area contributed by atoms with Crippen LogP contribution >= 0.6 is 0 Å². The minimum absolute atomic E-state index is 0.000246. The summed E-state index contributed by atoms with van der Waals surface area (Å²) >= 11 is 0. The third-order valence-electron chi connectivity index (χ3n) is 4.91. The van der Waals surface area contributed by atoms with Gasteiger partial charge in [-0.15, -0.1) is 0 Å². The first-order valence-electron chi connectivity index (χ1n) is 9.17. The molecule has 0 saturated carbocycles. The number of para-hydroxylation sites is 1. The third-order valence-corrected chi connectivity index (χ3v) is 4.91. The fraction of sp³-hybridized carbons (Fsp3) is 0.381. The number of hydrogen-bond acceptors (Lipinski definition) is 3. The number of amides is 2. The van der Waals surface area contributed by atoms with Gasteiger partial charge in [-0.25, -0.2) is 4.79 Å². The number of fused-ring (bicyclic) bond motifs is 1. The molecule has 1 N–H and O–H groups in total. The molecule has 0 radical (unpaired) electrons. The molecule has 1 fully saturated rings. The molecule has 0 unspecified atom stereocenters. The smallest absolute Gasteiger partial charge is 0.317 e. The van der Waals surface area contributed by atoms with Crippen molar-refractivity contribution >= 4 is 6.03 Å². The predicted octanol–water partition coefficient (Wildman–Crippen LogP) is 3.16. The first-order valence-corrected chi connectivity index (χ1v) is 9.17. The highest BCUT2D eigenvalue weighted by atomic mass is 16.5. The summed E-state index contributed by atoms with van der Waals surface area (Å²) in [6.07, 6.45) is 0.756. The molecule has 2 amide bonds. The molecule has 0 aliphatic carbocycles. The van der Waals surface area contributed by atoms with E-state index in [1.165, 1.54) is 5.56 Å². The molecule has 4 rings (SSSR count). The van der Waals surface area contributed by atoms with E-state index in [0.29, 0.717) is 19.6 Å². The summed E-state index contributed by atoms with van der Waals surface area (Å²) < 4.78 is 11.9. The second-order valence-electron chi connectivity index (χ2n) is 6.99. The number of nitrogens with one attached hydrogen (secondary N) is 1. The fourth-order valence-electron chi connectivity index (χ4n) is 3.65. The summed E-state index contributed by atoms with van der Waals surface area (Å²) in [5.74, 6) is 0.927. The Morgan fingerprint density at radius 3 is 2.69 bits per heavy atom. The van der Waals surface area contributed by atoms with E-state index in [9.17, 15) is 4.79 Å². The molecule has 5 heteroatoms. The van der Waals surface area contributed by atoms with E-state index in [0.717, 1.165) is 17.7 Å². The second kappa shape index (κ2) is 7.38. The number of hydrogen-bond donors (Lipinski definition) is 1. The topological polar surface area (TPSA) is 50.8 Å². The molecule has 2 aliphatic rings. The minimum Gasteiger partial charge on any atom is -0.488 e. The molecule has 0 aromatic heterocycles. The van der Waals surface area contributed by atoms with Crippen molar-refractivity contribution in [2.45, 2.75) is 31.7 Å². The molecular weight excluding hydrogens is 328 g/mol. The van der Waals surface area contributed by atoms with Crippen LogP contribution in [0, 0.1) is 0 Å². The van der Waals surface area contributed by atoms with E-state index in [1.807, 2.05) is 60.4 Å². The molecule has 0 spiro atoms. The summed E-state index contributed by atoms with van der Waals surface area (Å²) in [5, 5.41) is 3.03. The lowest BCUT2D eigenvalue weighted by Crippen LogP contribution is -2.51. The number of carbonyl (C=O) groups is 1. The lowest BCUT2D eigenvalue weighted by Gasteiger charge is -2.37. The van der Waals surface area contributed by atoms with Crippen molar-refractivity contribution in [2.75, 3.05) is 19.6 Å². The van der Waals surface area contributed by atoms with Gasteiger partial charge < -0.3 is 19.7 Å². The Kier molecular flexibility index (Phi) is 4.80. The van der Waals surface area contributed by atoms with Gasteiger partial charge in [-0.3, -0.25) is 0 Å². The van der Waals surface area contributed by atoms with E-state index < -0.39 is 0 Å². The van der Waals surface area contributed by atoms with Crippen molar-refractivity contribution in [3.63, 3.8) is 0 Å². The predicted molar refractivity (Wildman–Crippen MR) is 99.3 cm³/mol. The van der Waals surface area contributed by atoms with Gasteiger partial charge in [-0.2, -0.15) is 0 Å². The Morgan fingerprint density at radius 1 is 1.12 bits per heavy atom.